The van der Waals surface area contributed by atoms with Crippen molar-refractivity contribution in [2.24, 2.45) is 7.05 Å². The lowest BCUT2D eigenvalue weighted by atomic mass is 10.1. The van der Waals surface area contributed by atoms with Crippen LogP contribution in [0.1, 0.15) is 63.7 Å². The van der Waals surface area contributed by atoms with Gasteiger partial charge >= 0.3 is 0 Å². The fraction of sp³-hybridized carbons (Fsp3) is 0.778. The number of hydrogen-bond acceptors (Lipinski definition) is 4. The molecule has 1 saturated heterocycles. The third kappa shape index (κ3) is 4.16. The number of rotatable bonds is 5. The number of aromatic nitrogens is 2. The quantitative estimate of drug-likeness (QED) is 0.840. The molecule has 1 aromatic rings. The minimum absolute atomic E-state index is 0.0203. The fourth-order valence-electron chi connectivity index (χ4n) is 3.72. The number of aryl methyl sites for hydroxylation is 1. The lowest BCUT2D eigenvalue weighted by Gasteiger charge is -2.24. The Bertz CT molecular complexity index is 537. The van der Waals surface area contributed by atoms with Crippen LogP contribution < -0.4 is 5.32 Å². The molecule has 0 radical (unpaired) electrons. The Kier molecular flexibility index (Phi) is 5.89. The standard InChI is InChI=1S/C18H29N3O3/c1-13(24-14-7-5-3-4-6-8-14)18(22)20-15-10-12-23-17(15)16-9-11-19-21(16)2/h9,11,13-15,17H,3-8,10,12H2,1-2H3,(H,20,22)/t13-,15-,17-/m0/s1. The predicted molar refractivity (Wildman–Crippen MR) is 90.5 cm³/mol. The van der Waals surface area contributed by atoms with Gasteiger partial charge in [0, 0.05) is 19.9 Å². The van der Waals surface area contributed by atoms with Gasteiger partial charge in [0.15, 0.2) is 0 Å². The molecule has 1 aliphatic carbocycles. The second kappa shape index (κ2) is 8.12. The van der Waals surface area contributed by atoms with E-state index < -0.39 is 6.10 Å². The highest BCUT2D eigenvalue weighted by Crippen LogP contribution is 2.29. The zero-order valence-electron chi connectivity index (χ0n) is 14.7. The molecule has 6 nitrogen and oxygen atoms in total. The van der Waals surface area contributed by atoms with Crippen molar-refractivity contribution in [2.75, 3.05) is 6.61 Å². The van der Waals surface area contributed by atoms with Crippen molar-refractivity contribution in [3.05, 3.63) is 18.0 Å². The summed E-state index contributed by atoms with van der Waals surface area (Å²) in [5, 5.41) is 7.31. The second-order valence-corrected chi connectivity index (χ2v) is 6.97. The Morgan fingerprint density at radius 2 is 2.08 bits per heavy atom. The average Bonchev–Trinajstić information content (AvgIpc) is 3.10. The monoisotopic (exact) mass is 335 g/mol. The van der Waals surface area contributed by atoms with Gasteiger partial charge in [0.25, 0.3) is 0 Å². The van der Waals surface area contributed by atoms with Crippen LogP contribution in [0.4, 0.5) is 0 Å². The minimum Gasteiger partial charge on any atom is -0.370 e. The van der Waals surface area contributed by atoms with Crippen molar-refractivity contribution in [3.8, 4) is 0 Å². The molecule has 3 rings (SSSR count). The minimum atomic E-state index is -0.416. The van der Waals surface area contributed by atoms with E-state index in [0.717, 1.165) is 25.0 Å². The van der Waals surface area contributed by atoms with Gasteiger partial charge in [-0.2, -0.15) is 5.10 Å². The van der Waals surface area contributed by atoms with Gasteiger partial charge in [0.1, 0.15) is 12.2 Å². The molecule has 6 heteroatoms. The largest absolute Gasteiger partial charge is 0.370 e. The molecular weight excluding hydrogens is 306 g/mol. The Balaban J connectivity index is 1.54. The molecule has 0 spiro atoms. The predicted octanol–water partition coefficient (Wildman–Crippen LogP) is 2.49. The molecule has 1 amide bonds. The smallest absolute Gasteiger partial charge is 0.249 e. The number of carbonyl (C=O) groups is 1. The van der Waals surface area contributed by atoms with Crippen molar-refractivity contribution < 1.29 is 14.3 Å². The maximum absolute atomic E-state index is 12.5. The van der Waals surface area contributed by atoms with Crippen LogP contribution in [0.5, 0.6) is 0 Å². The van der Waals surface area contributed by atoms with Gasteiger partial charge in [0.2, 0.25) is 5.91 Å². The van der Waals surface area contributed by atoms with Crippen molar-refractivity contribution >= 4 is 5.91 Å². The van der Waals surface area contributed by atoms with Crippen molar-refractivity contribution in [1.29, 1.82) is 0 Å². The van der Waals surface area contributed by atoms with Crippen molar-refractivity contribution in [1.82, 2.24) is 15.1 Å². The molecule has 2 fully saturated rings. The second-order valence-electron chi connectivity index (χ2n) is 6.97. The number of amides is 1. The molecule has 1 aliphatic heterocycles. The van der Waals surface area contributed by atoms with Crippen LogP contribution >= 0.6 is 0 Å². The average molecular weight is 335 g/mol. The first-order chi connectivity index (χ1) is 11.6. The molecule has 0 bridgehead atoms. The topological polar surface area (TPSA) is 65.4 Å². The molecular formula is C18H29N3O3. The number of ether oxygens (including phenoxy) is 2. The molecule has 1 N–H and O–H groups in total. The number of nitrogens with one attached hydrogen (secondary N) is 1. The van der Waals surface area contributed by atoms with Crippen molar-refractivity contribution in [3.63, 3.8) is 0 Å². The maximum Gasteiger partial charge on any atom is 0.249 e. The first-order valence-corrected chi connectivity index (χ1v) is 9.20. The first kappa shape index (κ1) is 17.4. The van der Waals surface area contributed by atoms with Gasteiger partial charge in [-0.1, -0.05) is 25.7 Å². The zero-order valence-corrected chi connectivity index (χ0v) is 14.7. The van der Waals surface area contributed by atoms with E-state index in [1.807, 2.05) is 20.0 Å². The van der Waals surface area contributed by atoms with Crippen LogP contribution in [-0.4, -0.2) is 40.5 Å². The van der Waals surface area contributed by atoms with Gasteiger partial charge in [0.05, 0.1) is 17.8 Å². The summed E-state index contributed by atoms with van der Waals surface area (Å²) in [6.07, 6.45) is 9.37. The van der Waals surface area contributed by atoms with E-state index in [2.05, 4.69) is 10.4 Å². The van der Waals surface area contributed by atoms with E-state index in [4.69, 9.17) is 9.47 Å². The third-order valence-electron chi connectivity index (χ3n) is 5.14. The van der Waals surface area contributed by atoms with Gasteiger partial charge in [-0.3, -0.25) is 9.48 Å². The third-order valence-corrected chi connectivity index (χ3v) is 5.14. The zero-order chi connectivity index (χ0) is 16.9. The normalized spacial score (nSPS) is 26.9. The molecule has 0 unspecified atom stereocenters. The van der Waals surface area contributed by atoms with Crippen molar-refractivity contribution in [2.45, 2.75) is 76.2 Å². The lowest BCUT2D eigenvalue weighted by molar-refractivity contribution is -0.137. The molecule has 0 aromatic carbocycles. The van der Waals surface area contributed by atoms with Gasteiger partial charge in [-0.15, -0.1) is 0 Å². The molecule has 2 heterocycles. The first-order valence-electron chi connectivity index (χ1n) is 9.20. The van der Waals surface area contributed by atoms with Gasteiger partial charge in [-0.05, 0) is 32.3 Å². The summed E-state index contributed by atoms with van der Waals surface area (Å²) in [6.45, 7) is 2.51. The molecule has 24 heavy (non-hydrogen) atoms. The lowest BCUT2D eigenvalue weighted by Crippen LogP contribution is -2.44. The highest BCUT2D eigenvalue weighted by molar-refractivity contribution is 5.80. The van der Waals surface area contributed by atoms with E-state index in [9.17, 15) is 4.79 Å². The summed E-state index contributed by atoms with van der Waals surface area (Å²) >= 11 is 0. The molecule has 1 aromatic heterocycles. The summed E-state index contributed by atoms with van der Waals surface area (Å²) in [6, 6.07) is 1.92. The number of hydrogen-bond donors (Lipinski definition) is 1. The SMILES string of the molecule is C[C@H](OC1CCCCCC1)C(=O)N[C@H]1CCO[C@@H]1c1ccnn1C. The van der Waals surface area contributed by atoms with E-state index in [0.29, 0.717) is 6.61 Å². The molecule has 3 atom stereocenters. The van der Waals surface area contributed by atoms with Crippen LogP contribution in [0, 0.1) is 0 Å². The summed E-state index contributed by atoms with van der Waals surface area (Å²) < 4.78 is 13.7. The van der Waals surface area contributed by atoms with E-state index in [-0.39, 0.29) is 24.2 Å². The number of carbonyl (C=O) groups excluding carboxylic acids is 1. The Morgan fingerprint density at radius 3 is 2.75 bits per heavy atom. The van der Waals surface area contributed by atoms with E-state index in [1.165, 1.54) is 25.7 Å². The summed E-state index contributed by atoms with van der Waals surface area (Å²) in [5.74, 6) is -0.0399. The maximum atomic E-state index is 12.5. The van der Waals surface area contributed by atoms with Crippen LogP contribution in [0.3, 0.4) is 0 Å². The fourth-order valence-corrected chi connectivity index (χ4v) is 3.72. The molecule has 134 valence electrons. The number of nitrogens with zero attached hydrogens (tertiary/aromatic N) is 2. The van der Waals surface area contributed by atoms with Gasteiger partial charge in [-0.25, -0.2) is 0 Å². The summed E-state index contributed by atoms with van der Waals surface area (Å²) in [4.78, 5) is 12.5. The van der Waals surface area contributed by atoms with Crippen LogP contribution in [0.25, 0.3) is 0 Å². The Morgan fingerprint density at radius 1 is 1.33 bits per heavy atom. The Labute approximate surface area is 143 Å². The highest BCUT2D eigenvalue weighted by Gasteiger charge is 2.34. The highest BCUT2D eigenvalue weighted by atomic mass is 16.5. The van der Waals surface area contributed by atoms with Crippen LogP contribution in [0.2, 0.25) is 0 Å². The van der Waals surface area contributed by atoms with E-state index >= 15 is 0 Å². The molecule has 2 aliphatic rings. The van der Waals surface area contributed by atoms with Crippen LogP contribution in [-0.2, 0) is 21.3 Å². The Hall–Kier alpha value is -1.40. The van der Waals surface area contributed by atoms with E-state index in [1.54, 1.807) is 10.9 Å². The molecule has 1 saturated carbocycles. The summed E-state index contributed by atoms with van der Waals surface area (Å²) in [7, 11) is 1.90. The van der Waals surface area contributed by atoms with Crippen LogP contribution in [0.15, 0.2) is 12.3 Å². The summed E-state index contributed by atoms with van der Waals surface area (Å²) in [5.41, 5.74) is 0.995. The van der Waals surface area contributed by atoms with Gasteiger partial charge < -0.3 is 14.8 Å².